The quantitative estimate of drug-likeness (QED) is 0.706. The molecule has 1 aromatic rings. The number of hydrogen-bond donors (Lipinski definition) is 2. The summed E-state index contributed by atoms with van der Waals surface area (Å²) < 4.78 is 9.92. The molecule has 6 heteroatoms. The van der Waals surface area contributed by atoms with Gasteiger partial charge in [-0.05, 0) is 12.1 Å². The maximum Gasteiger partial charge on any atom is 0.270 e. The number of carbonyl (C=O) groups is 1. The molecule has 0 aliphatic heterocycles. The molecular weight excluding hydrogens is 222 g/mol. The molecule has 6 nitrogen and oxygen atoms in total. The van der Waals surface area contributed by atoms with Crippen molar-refractivity contribution in [3.8, 4) is 0 Å². The highest BCUT2D eigenvalue weighted by atomic mass is 16.7. The van der Waals surface area contributed by atoms with Gasteiger partial charge in [0.15, 0.2) is 6.29 Å². The molecule has 0 fully saturated rings. The van der Waals surface area contributed by atoms with Crippen LogP contribution in [-0.2, 0) is 9.47 Å². The van der Waals surface area contributed by atoms with Crippen LogP contribution in [0.4, 0.5) is 5.82 Å². The van der Waals surface area contributed by atoms with Gasteiger partial charge in [0.1, 0.15) is 11.5 Å². The Balaban J connectivity index is 2.57. The van der Waals surface area contributed by atoms with Gasteiger partial charge in [0.05, 0.1) is 6.54 Å². The highest BCUT2D eigenvalue weighted by Crippen LogP contribution is 2.03. The molecule has 0 spiro atoms. The van der Waals surface area contributed by atoms with Crippen molar-refractivity contribution < 1.29 is 14.3 Å². The summed E-state index contributed by atoms with van der Waals surface area (Å²) in [5.41, 5.74) is 0.350. The molecule has 1 rings (SSSR count). The molecule has 0 unspecified atom stereocenters. The average Bonchev–Trinajstić information content (AvgIpc) is 2.39. The summed E-state index contributed by atoms with van der Waals surface area (Å²) in [6.07, 6.45) is -0.452. The van der Waals surface area contributed by atoms with Gasteiger partial charge in [-0.3, -0.25) is 4.79 Å². The second kappa shape index (κ2) is 6.82. The van der Waals surface area contributed by atoms with Crippen LogP contribution < -0.4 is 10.6 Å². The molecule has 0 aliphatic rings. The van der Waals surface area contributed by atoms with Gasteiger partial charge in [-0.15, -0.1) is 0 Å². The minimum atomic E-state index is -0.452. The van der Waals surface area contributed by atoms with Crippen LogP contribution in [-0.4, -0.2) is 45.0 Å². The molecule has 94 valence electrons. The van der Waals surface area contributed by atoms with Crippen molar-refractivity contribution >= 4 is 11.7 Å². The van der Waals surface area contributed by atoms with E-state index in [4.69, 9.17) is 9.47 Å². The third-order valence-corrected chi connectivity index (χ3v) is 2.19. The number of anilines is 1. The second-order valence-corrected chi connectivity index (χ2v) is 3.27. The monoisotopic (exact) mass is 239 g/mol. The summed E-state index contributed by atoms with van der Waals surface area (Å²) in [4.78, 5) is 15.9. The van der Waals surface area contributed by atoms with E-state index in [0.29, 0.717) is 11.5 Å². The standard InChI is InChI=1S/C11H17N3O3/c1-12-9-6-4-5-8(14-9)11(15)13-7-10(16-2)17-3/h4-6,10H,7H2,1-3H3,(H,12,14)(H,13,15). The number of hydrogen-bond acceptors (Lipinski definition) is 5. The minimum absolute atomic E-state index is 0.263. The lowest BCUT2D eigenvalue weighted by atomic mass is 10.3. The minimum Gasteiger partial charge on any atom is -0.373 e. The number of ether oxygens (including phenoxy) is 2. The van der Waals surface area contributed by atoms with Crippen LogP contribution in [0.5, 0.6) is 0 Å². The first kappa shape index (κ1) is 13.4. The van der Waals surface area contributed by atoms with Crippen molar-refractivity contribution in [3.63, 3.8) is 0 Å². The lowest BCUT2D eigenvalue weighted by Gasteiger charge is -2.13. The first-order valence-corrected chi connectivity index (χ1v) is 5.20. The number of nitrogens with zero attached hydrogens (tertiary/aromatic N) is 1. The van der Waals surface area contributed by atoms with E-state index < -0.39 is 6.29 Å². The number of rotatable bonds is 6. The fourth-order valence-corrected chi connectivity index (χ4v) is 1.23. The smallest absolute Gasteiger partial charge is 0.270 e. The van der Waals surface area contributed by atoms with Crippen molar-refractivity contribution in [3.05, 3.63) is 23.9 Å². The fourth-order valence-electron chi connectivity index (χ4n) is 1.23. The molecule has 0 aliphatic carbocycles. The van der Waals surface area contributed by atoms with Crippen LogP contribution in [0.1, 0.15) is 10.5 Å². The third-order valence-electron chi connectivity index (χ3n) is 2.19. The Kier molecular flexibility index (Phi) is 5.38. The van der Waals surface area contributed by atoms with E-state index in [1.807, 2.05) is 0 Å². The van der Waals surface area contributed by atoms with Crippen LogP contribution in [0, 0.1) is 0 Å². The van der Waals surface area contributed by atoms with Gasteiger partial charge in [-0.1, -0.05) is 6.07 Å². The van der Waals surface area contributed by atoms with Gasteiger partial charge in [0.25, 0.3) is 5.91 Å². The zero-order valence-corrected chi connectivity index (χ0v) is 10.2. The molecule has 2 N–H and O–H groups in total. The highest BCUT2D eigenvalue weighted by molar-refractivity contribution is 5.92. The van der Waals surface area contributed by atoms with Gasteiger partial charge < -0.3 is 20.1 Å². The topological polar surface area (TPSA) is 72.5 Å². The summed E-state index contributed by atoms with van der Waals surface area (Å²) in [5.74, 6) is 0.383. The zero-order valence-electron chi connectivity index (χ0n) is 10.2. The lowest BCUT2D eigenvalue weighted by Crippen LogP contribution is -2.34. The van der Waals surface area contributed by atoms with Crippen LogP contribution in [0.2, 0.25) is 0 Å². The van der Waals surface area contributed by atoms with Crippen LogP contribution >= 0.6 is 0 Å². The highest BCUT2D eigenvalue weighted by Gasteiger charge is 2.10. The van der Waals surface area contributed by atoms with Gasteiger partial charge in [0, 0.05) is 21.3 Å². The van der Waals surface area contributed by atoms with Crippen LogP contribution in [0.25, 0.3) is 0 Å². The van der Waals surface area contributed by atoms with E-state index in [0.717, 1.165) is 0 Å². The van der Waals surface area contributed by atoms with Gasteiger partial charge in [-0.2, -0.15) is 0 Å². The SMILES string of the molecule is CNc1cccc(C(=O)NCC(OC)OC)n1. The van der Waals surface area contributed by atoms with Crippen molar-refractivity contribution in [2.75, 3.05) is 33.1 Å². The molecule has 1 aromatic heterocycles. The van der Waals surface area contributed by atoms with Gasteiger partial charge in [0.2, 0.25) is 0 Å². The zero-order chi connectivity index (χ0) is 12.7. The Morgan fingerprint density at radius 2 is 2.12 bits per heavy atom. The van der Waals surface area contributed by atoms with E-state index in [9.17, 15) is 4.79 Å². The Labute approximate surface area is 100 Å². The molecular formula is C11H17N3O3. The number of nitrogens with one attached hydrogen (secondary N) is 2. The molecule has 0 saturated carbocycles. The normalized spacial score (nSPS) is 10.4. The van der Waals surface area contributed by atoms with E-state index in [-0.39, 0.29) is 12.5 Å². The predicted molar refractivity (Wildman–Crippen MR) is 63.9 cm³/mol. The molecule has 1 amide bonds. The van der Waals surface area contributed by atoms with Crippen LogP contribution in [0.3, 0.4) is 0 Å². The largest absolute Gasteiger partial charge is 0.373 e. The maximum atomic E-state index is 11.7. The molecule has 0 radical (unpaired) electrons. The Morgan fingerprint density at radius 1 is 1.41 bits per heavy atom. The molecule has 0 aromatic carbocycles. The fraction of sp³-hybridized carbons (Fsp3) is 0.455. The Morgan fingerprint density at radius 3 is 2.71 bits per heavy atom. The number of carbonyl (C=O) groups excluding carboxylic acids is 1. The summed E-state index contributed by atoms with van der Waals surface area (Å²) in [5, 5.41) is 5.54. The van der Waals surface area contributed by atoms with Crippen LogP contribution in [0.15, 0.2) is 18.2 Å². The number of pyridine rings is 1. The van der Waals surface area contributed by atoms with Crippen molar-refractivity contribution in [2.45, 2.75) is 6.29 Å². The predicted octanol–water partition coefficient (Wildman–Crippen LogP) is 0.472. The molecule has 0 saturated heterocycles. The van der Waals surface area contributed by atoms with E-state index in [1.54, 1.807) is 25.2 Å². The van der Waals surface area contributed by atoms with Crippen molar-refractivity contribution in [2.24, 2.45) is 0 Å². The number of methoxy groups -OCH3 is 2. The summed E-state index contributed by atoms with van der Waals surface area (Å²) >= 11 is 0. The van der Waals surface area contributed by atoms with Gasteiger partial charge in [-0.25, -0.2) is 4.98 Å². The van der Waals surface area contributed by atoms with Crippen molar-refractivity contribution in [1.29, 1.82) is 0 Å². The molecule has 0 atom stereocenters. The summed E-state index contributed by atoms with van der Waals surface area (Å²) in [6, 6.07) is 5.19. The number of amides is 1. The van der Waals surface area contributed by atoms with E-state index in [1.165, 1.54) is 14.2 Å². The van der Waals surface area contributed by atoms with Crippen molar-refractivity contribution in [1.82, 2.24) is 10.3 Å². The maximum absolute atomic E-state index is 11.7. The molecule has 1 heterocycles. The third kappa shape index (κ3) is 4.01. The Hall–Kier alpha value is -1.66. The first-order chi connectivity index (χ1) is 8.21. The first-order valence-electron chi connectivity index (χ1n) is 5.20. The number of aromatic nitrogens is 1. The molecule has 17 heavy (non-hydrogen) atoms. The summed E-state index contributed by atoms with van der Waals surface area (Å²) in [6.45, 7) is 0.275. The Bertz CT molecular complexity index is 367. The second-order valence-electron chi connectivity index (χ2n) is 3.27. The van der Waals surface area contributed by atoms with E-state index in [2.05, 4.69) is 15.6 Å². The van der Waals surface area contributed by atoms with Gasteiger partial charge >= 0.3 is 0 Å². The molecule has 0 bridgehead atoms. The lowest BCUT2D eigenvalue weighted by molar-refractivity contribution is -0.0974. The average molecular weight is 239 g/mol. The summed E-state index contributed by atoms with van der Waals surface area (Å²) in [7, 11) is 4.77. The van der Waals surface area contributed by atoms with E-state index >= 15 is 0 Å².